The maximum Gasteiger partial charge on any atom is 0.329 e. The Morgan fingerprint density at radius 2 is 1.90 bits per heavy atom. The Labute approximate surface area is 236 Å². The second kappa shape index (κ2) is 15.8. The first kappa shape index (κ1) is 31.6. The van der Waals surface area contributed by atoms with Gasteiger partial charge in [0.2, 0.25) is 6.79 Å². The van der Waals surface area contributed by atoms with Gasteiger partial charge in [0.15, 0.2) is 17.2 Å². The number of hydrogen-bond acceptors (Lipinski definition) is 10. The fraction of sp³-hybridized carbons (Fsp3) is 0.724. The second-order valence-electron chi connectivity index (χ2n) is 10.6. The molecular formula is C29H44N2O9. The van der Waals surface area contributed by atoms with Crippen molar-refractivity contribution in [3.63, 3.8) is 0 Å². The van der Waals surface area contributed by atoms with Crippen LogP contribution in [-0.4, -0.2) is 73.8 Å². The Morgan fingerprint density at radius 3 is 2.58 bits per heavy atom. The summed E-state index contributed by atoms with van der Waals surface area (Å²) in [5.74, 6) is -1.75. The number of nitrogens with one attached hydrogen (secondary N) is 1. The van der Waals surface area contributed by atoms with Crippen molar-refractivity contribution in [3.05, 3.63) is 18.0 Å². The van der Waals surface area contributed by atoms with Gasteiger partial charge in [-0.1, -0.05) is 33.6 Å². The summed E-state index contributed by atoms with van der Waals surface area (Å²) in [6, 6.07) is 0.611. The van der Waals surface area contributed by atoms with E-state index < -0.39 is 42.9 Å². The molecule has 11 nitrogen and oxygen atoms in total. The van der Waals surface area contributed by atoms with E-state index in [9.17, 15) is 14.4 Å². The van der Waals surface area contributed by atoms with Crippen molar-refractivity contribution in [2.45, 2.75) is 110 Å². The normalized spacial score (nSPS) is 24.0. The van der Waals surface area contributed by atoms with Crippen LogP contribution in [0.1, 0.15) is 89.5 Å². The lowest BCUT2D eigenvalue weighted by Gasteiger charge is -2.32. The van der Waals surface area contributed by atoms with Gasteiger partial charge in [-0.05, 0) is 45.4 Å². The van der Waals surface area contributed by atoms with E-state index in [4.69, 9.17) is 28.4 Å². The third-order valence-corrected chi connectivity index (χ3v) is 7.07. The van der Waals surface area contributed by atoms with Gasteiger partial charge in [0.1, 0.15) is 18.2 Å². The van der Waals surface area contributed by atoms with Gasteiger partial charge in [-0.25, -0.2) is 9.78 Å². The first-order valence-electron chi connectivity index (χ1n) is 14.4. The molecule has 40 heavy (non-hydrogen) atoms. The van der Waals surface area contributed by atoms with Crippen LogP contribution in [-0.2, 0) is 28.5 Å². The fourth-order valence-corrected chi connectivity index (χ4v) is 4.92. The van der Waals surface area contributed by atoms with E-state index in [-0.39, 0.29) is 35.3 Å². The third-order valence-electron chi connectivity index (χ3n) is 7.07. The largest absolute Gasteiger partial charge is 0.493 e. The molecule has 4 atom stereocenters. The highest BCUT2D eigenvalue weighted by Crippen LogP contribution is 2.31. The van der Waals surface area contributed by atoms with Gasteiger partial charge in [-0.2, -0.15) is 0 Å². The van der Waals surface area contributed by atoms with E-state index in [0.29, 0.717) is 25.9 Å². The molecule has 0 radical (unpaired) electrons. The van der Waals surface area contributed by atoms with Gasteiger partial charge in [-0.15, -0.1) is 0 Å². The van der Waals surface area contributed by atoms with E-state index in [1.54, 1.807) is 20.8 Å². The molecule has 11 heteroatoms. The highest BCUT2D eigenvalue weighted by atomic mass is 16.7. The number of rotatable bonds is 12. The van der Waals surface area contributed by atoms with Crippen molar-refractivity contribution in [2.24, 2.45) is 5.92 Å². The molecule has 1 saturated carbocycles. The third kappa shape index (κ3) is 8.79. The highest BCUT2D eigenvalue weighted by Gasteiger charge is 2.37. The Hall–Kier alpha value is -2.92. The number of methoxy groups -OCH3 is 1. The minimum atomic E-state index is -0.911. The van der Waals surface area contributed by atoms with Crippen molar-refractivity contribution in [3.8, 4) is 11.5 Å². The van der Waals surface area contributed by atoms with Crippen molar-refractivity contribution in [2.75, 3.05) is 20.5 Å². The Bertz CT molecular complexity index is 980. The Balaban J connectivity index is 1.73. The number of carbonyl (C=O) groups is 3. The van der Waals surface area contributed by atoms with Crippen molar-refractivity contribution in [1.82, 2.24) is 10.3 Å². The summed E-state index contributed by atoms with van der Waals surface area (Å²) in [7, 11) is 1.42. The SMILES string of the molecule is CCCOC1C(C)OC(=O)C(NC(=O)c2nccc(OC)c2OCOC(=O)C(C)C)CCCC1OC1CCCC1. The number of cyclic esters (lactones) is 1. The van der Waals surface area contributed by atoms with Gasteiger partial charge in [-0.3, -0.25) is 9.59 Å². The number of amides is 1. The molecule has 0 spiro atoms. The van der Waals surface area contributed by atoms with Gasteiger partial charge in [0.05, 0.1) is 25.2 Å². The van der Waals surface area contributed by atoms with E-state index in [0.717, 1.165) is 32.1 Å². The summed E-state index contributed by atoms with van der Waals surface area (Å²) < 4.78 is 34.4. The molecular weight excluding hydrogens is 520 g/mol. The molecule has 2 heterocycles. The van der Waals surface area contributed by atoms with Gasteiger partial charge < -0.3 is 33.7 Å². The molecule has 1 aromatic rings. The van der Waals surface area contributed by atoms with Crippen LogP contribution in [0.5, 0.6) is 11.5 Å². The predicted molar refractivity (Wildman–Crippen MR) is 145 cm³/mol. The molecule has 1 saturated heterocycles. The maximum absolute atomic E-state index is 13.3. The van der Waals surface area contributed by atoms with E-state index in [1.807, 2.05) is 6.92 Å². The topological polar surface area (TPSA) is 132 Å². The zero-order valence-electron chi connectivity index (χ0n) is 24.3. The zero-order chi connectivity index (χ0) is 29.1. The van der Waals surface area contributed by atoms with E-state index in [2.05, 4.69) is 10.3 Å². The first-order valence-corrected chi connectivity index (χ1v) is 14.4. The highest BCUT2D eigenvalue weighted by molar-refractivity contribution is 5.98. The summed E-state index contributed by atoms with van der Waals surface area (Å²) in [4.78, 5) is 42.5. The van der Waals surface area contributed by atoms with Crippen LogP contribution < -0.4 is 14.8 Å². The van der Waals surface area contributed by atoms with Crippen LogP contribution in [0, 0.1) is 5.92 Å². The van der Waals surface area contributed by atoms with Crippen LogP contribution in [0.3, 0.4) is 0 Å². The summed E-state index contributed by atoms with van der Waals surface area (Å²) in [5, 5.41) is 2.76. The average Bonchev–Trinajstić information content (AvgIpc) is 3.45. The summed E-state index contributed by atoms with van der Waals surface area (Å²) in [5.41, 5.74) is -0.104. The molecule has 3 rings (SSSR count). The Kier molecular flexibility index (Phi) is 12.5. The van der Waals surface area contributed by atoms with Crippen LogP contribution in [0.4, 0.5) is 0 Å². The molecule has 1 N–H and O–H groups in total. The monoisotopic (exact) mass is 564 g/mol. The predicted octanol–water partition coefficient (Wildman–Crippen LogP) is 3.96. The van der Waals surface area contributed by atoms with Crippen molar-refractivity contribution in [1.29, 1.82) is 0 Å². The minimum absolute atomic E-state index is 0.00177. The maximum atomic E-state index is 13.3. The van der Waals surface area contributed by atoms with E-state index in [1.165, 1.54) is 19.4 Å². The summed E-state index contributed by atoms with van der Waals surface area (Å²) in [6.45, 7) is 7.34. The number of nitrogens with zero attached hydrogens (tertiary/aromatic N) is 1. The van der Waals surface area contributed by atoms with Gasteiger partial charge in [0, 0.05) is 18.9 Å². The molecule has 2 aliphatic rings. The quantitative estimate of drug-likeness (QED) is 0.294. The number of hydrogen-bond donors (Lipinski definition) is 1. The number of aromatic nitrogens is 1. The molecule has 4 unspecified atom stereocenters. The average molecular weight is 565 g/mol. The van der Waals surface area contributed by atoms with Crippen LogP contribution in [0.15, 0.2) is 12.3 Å². The van der Waals surface area contributed by atoms with Crippen LogP contribution in [0.2, 0.25) is 0 Å². The molecule has 1 amide bonds. The zero-order valence-corrected chi connectivity index (χ0v) is 24.3. The van der Waals surface area contributed by atoms with Crippen LogP contribution in [0.25, 0.3) is 0 Å². The molecule has 224 valence electrons. The Morgan fingerprint density at radius 1 is 1.15 bits per heavy atom. The number of pyridine rings is 1. The smallest absolute Gasteiger partial charge is 0.329 e. The lowest BCUT2D eigenvalue weighted by atomic mass is 10.0. The molecule has 2 fully saturated rings. The first-order chi connectivity index (χ1) is 19.2. The second-order valence-corrected chi connectivity index (χ2v) is 10.6. The minimum Gasteiger partial charge on any atom is -0.493 e. The summed E-state index contributed by atoms with van der Waals surface area (Å²) in [6.07, 6.45) is 7.26. The number of carbonyl (C=O) groups excluding carboxylic acids is 3. The molecule has 0 aromatic carbocycles. The van der Waals surface area contributed by atoms with Crippen molar-refractivity contribution < 1.29 is 42.8 Å². The lowest BCUT2D eigenvalue weighted by Crippen LogP contribution is -2.46. The number of esters is 2. The van der Waals surface area contributed by atoms with Crippen LogP contribution >= 0.6 is 0 Å². The molecule has 1 aliphatic heterocycles. The molecule has 0 bridgehead atoms. The number of ether oxygens (including phenoxy) is 6. The molecule has 1 aromatic heterocycles. The van der Waals surface area contributed by atoms with Gasteiger partial charge >= 0.3 is 11.9 Å². The summed E-state index contributed by atoms with van der Waals surface area (Å²) >= 11 is 0. The lowest BCUT2D eigenvalue weighted by molar-refractivity contribution is -0.171. The molecule has 1 aliphatic carbocycles. The standard InChI is InChI=1S/C29H44N2O9/c1-6-16-36-25-19(4)39-29(34)21(12-9-13-23(25)40-20-10-7-8-11-20)31-27(32)24-26(22(35-5)14-15-30-24)37-17-38-28(33)18(2)3/h14-15,18-21,23,25H,6-13,16-17H2,1-5H3,(H,31,32). The fourth-order valence-electron chi connectivity index (χ4n) is 4.92. The van der Waals surface area contributed by atoms with Gasteiger partial charge in [0.25, 0.3) is 5.91 Å². The van der Waals surface area contributed by atoms with E-state index >= 15 is 0 Å². The van der Waals surface area contributed by atoms with Crippen molar-refractivity contribution >= 4 is 17.8 Å².